The van der Waals surface area contributed by atoms with Crippen LogP contribution in [-0.4, -0.2) is 49.2 Å². The molecule has 2 aromatic carbocycles. The zero-order valence-corrected chi connectivity index (χ0v) is 20.1. The van der Waals surface area contributed by atoms with Crippen LogP contribution in [0, 0.1) is 0 Å². The highest BCUT2D eigenvalue weighted by molar-refractivity contribution is 8.19. The molecule has 3 rings (SSSR count). The van der Waals surface area contributed by atoms with Gasteiger partial charge in [-0.05, 0) is 43.7 Å². The highest BCUT2D eigenvalue weighted by Crippen LogP contribution is 2.45. The maximum Gasteiger partial charge on any atom is 0.338 e. The number of carbonyl (C=O) groups excluding carboxylic acids is 3. The number of carbonyl (C=O) groups is 3. The molecule has 0 aromatic heterocycles. The van der Waals surface area contributed by atoms with E-state index in [-0.39, 0.29) is 0 Å². The van der Waals surface area contributed by atoms with Gasteiger partial charge < -0.3 is 19.5 Å². The molecule has 33 heavy (non-hydrogen) atoms. The molecule has 1 aliphatic heterocycles. The van der Waals surface area contributed by atoms with Gasteiger partial charge in [0.2, 0.25) is 0 Å². The standard InChI is InChI=1S/C23H26N2O6S2/c1-3-29-18-10-9-17(13-19(18)30-4-2)24-23(28)25-20(26)14-31-21(27)15-5-7-16(8-6-15)22-32-11-12-33-22/h5-10,13,22H,3-4,11-12,14H2,1-2H3,(H2,24,25,26,28). The molecule has 0 bridgehead atoms. The van der Waals surface area contributed by atoms with Gasteiger partial charge in [0, 0.05) is 23.3 Å². The Morgan fingerprint density at radius 2 is 1.61 bits per heavy atom. The summed E-state index contributed by atoms with van der Waals surface area (Å²) < 4.78 is 16.4. The van der Waals surface area contributed by atoms with E-state index in [1.807, 2.05) is 49.5 Å². The fraction of sp³-hybridized carbons (Fsp3) is 0.348. The Kier molecular flexibility index (Phi) is 9.32. The smallest absolute Gasteiger partial charge is 0.338 e. The minimum Gasteiger partial charge on any atom is -0.490 e. The van der Waals surface area contributed by atoms with E-state index in [9.17, 15) is 14.4 Å². The number of thioether (sulfide) groups is 2. The number of esters is 1. The molecule has 8 nitrogen and oxygen atoms in total. The molecule has 176 valence electrons. The molecule has 1 saturated heterocycles. The summed E-state index contributed by atoms with van der Waals surface area (Å²) in [6.07, 6.45) is 0. The van der Waals surface area contributed by atoms with Gasteiger partial charge in [-0.25, -0.2) is 9.59 Å². The number of hydrogen-bond acceptors (Lipinski definition) is 8. The van der Waals surface area contributed by atoms with E-state index in [1.54, 1.807) is 30.3 Å². The van der Waals surface area contributed by atoms with Gasteiger partial charge in [0.25, 0.3) is 5.91 Å². The molecule has 3 amide bonds. The van der Waals surface area contributed by atoms with E-state index in [0.29, 0.717) is 40.5 Å². The van der Waals surface area contributed by atoms with Crippen molar-refractivity contribution in [3.8, 4) is 11.5 Å². The van der Waals surface area contributed by atoms with E-state index in [0.717, 1.165) is 17.1 Å². The summed E-state index contributed by atoms with van der Waals surface area (Å²) in [5.74, 6) is 1.90. The third-order valence-corrected chi connectivity index (χ3v) is 7.53. The molecule has 10 heteroatoms. The summed E-state index contributed by atoms with van der Waals surface area (Å²) in [6.45, 7) is 4.03. The minimum absolute atomic E-state index is 0.349. The quantitative estimate of drug-likeness (QED) is 0.497. The molecular weight excluding hydrogens is 464 g/mol. The number of ether oxygens (including phenoxy) is 3. The Hall–Kier alpha value is -2.85. The van der Waals surface area contributed by atoms with Crippen molar-refractivity contribution in [3.63, 3.8) is 0 Å². The van der Waals surface area contributed by atoms with Crippen LogP contribution < -0.4 is 20.1 Å². The molecule has 1 aliphatic rings. The zero-order chi connectivity index (χ0) is 23.6. The minimum atomic E-state index is -0.751. The first-order chi connectivity index (χ1) is 16.0. The highest BCUT2D eigenvalue weighted by atomic mass is 32.2. The number of hydrogen-bond donors (Lipinski definition) is 2. The number of rotatable bonds is 9. The fourth-order valence-electron chi connectivity index (χ4n) is 3.00. The lowest BCUT2D eigenvalue weighted by atomic mass is 10.1. The molecule has 0 unspecified atom stereocenters. The Bertz CT molecular complexity index is 977. The average molecular weight is 491 g/mol. The van der Waals surface area contributed by atoms with E-state index in [4.69, 9.17) is 14.2 Å². The molecule has 0 radical (unpaired) electrons. The third-order valence-electron chi connectivity index (χ3n) is 4.43. The van der Waals surface area contributed by atoms with Crippen LogP contribution in [0.5, 0.6) is 11.5 Å². The first kappa shape index (κ1) is 24.8. The Morgan fingerprint density at radius 1 is 0.939 bits per heavy atom. The van der Waals surface area contributed by atoms with Crippen molar-refractivity contribution < 1.29 is 28.6 Å². The number of benzene rings is 2. The molecule has 0 atom stereocenters. The number of urea groups is 1. The summed E-state index contributed by atoms with van der Waals surface area (Å²) in [5, 5.41) is 4.67. The highest BCUT2D eigenvalue weighted by Gasteiger charge is 2.19. The van der Waals surface area contributed by atoms with Gasteiger partial charge in [-0.3, -0.25) is 10.1 Å². The molecule has 1 heterocycles. The summed E-state index contributed by atoms with van der Waals surface area (Å²) in [6, 6.07) is 11.3. The van der Waals surface area contributed by atoms with Crippen LogP contribution in [0.2, 0.25) is 0 Å². The first-order valence-electron chi connectivity index (χ1n) is 10.5. The van der Waals surface area contributed by atoms with E-state index in [2.05, 4.69) is 10.6 Å². The van der Waals surface area contributed by atoms with Crippen molar-refractivity contribution in [3.05, 3.63) is 53.6 Å². The first-order valence-corrected chi connectivity index (χ1v) is 12.6. The van der Waals surface area contributed by atoms with Crippen LogP contribution in [0.25, 0.3) is 0 Å². The third kappa shape index (κ3) is 7.33. The van der Waals surface area contributed by atoms with Gasteiger partial charge >= 0.3 is 12.0 Å². The lowest BCUT2D eigenvalue weighted by Crippen LogP contribution is -2.37. The van der Waals surface area contributed by atoms with Crippen molar-refractivity contribution >= 4 is 47.1 Å². The van der Waals surface area contributed by atoms with Crippen molar-refractivity contribution in [2.75, 3.05) is 36.6 Å². The Balaban J connectivity index is 1.46. The van der Waals surface area contributed by atoms with Gasteiger partial charge in [-0.2, -0.15) is 0 Å². The number of imide groups is 1. The molecule has 0 saturated carbocycles. The van der Waals surface area contributed by atoms with Crippen molar-refractivity contribution in [2.45, 2.75) is 18.4 Å². The van der Waals surface area contributed by atoms with Gasteiger partial charge in [0.05, 0.1) is 23.4 Å². The Labute approximate surface area is 201 Å². The van der Waals surface area contributed by atoms with E-state index >= 15 is 0 Å². The summed E-state index contributed by atoms with van der Waals surface area (Å²) in [5.41, 5.74) is 1.92. The van der Waals surface area contributed by atoms with Crippen LogP contribution in [0.15, 0.2) is 42.5 Å². The topological polar surface area (TPSA) is 103 Å². The lowest BCUT2D eigenvalue weighted by Gasteiger charge is -2.13. The van der Waals surface area contributed by atoms with Crippen molar-refractivity contribution in [1.29, 1.82) is 0 Å². The second kappa shape index (κ2) is 12.4. The average Bonchev–Trinajstić information content (AvgIpc) is 3.34. The van der Waals surface area contributed by atoms with Crippen LogP contribution in [0.4, 0.5) is 10.5 Å². The fourth-order valence-corrected chi connectivity index (χ4v) is 5.85. The van der Waals surface area contributed by atoms with Crippen LogP contribution >= 0.6 is 23.5 Å². The summed E-state index contributed by atoms with van der Waals surface area (Å²) in [4.78, 5) is 36.3. The van der Waals surface area contributed by atoms with Crippen molar-refractivity contribution in [2.24, 2.45) is 0 Å². The Morgan fingerprint density at radius 3 is 2.27 bits per heavy atom. The molecule has 0 aliphatic carbocycles. The zero-order valence-electron chi connectivity index (χ0n) is 18.4. The molecule has 1 fully saturated rings. The van der Waals surface area contributed by atoms with Crippen LogP contribution in [0.3, 0.4) is 0 Å². The van der Waals surface area contributed by atoms with E-state index in [1.165, 1.54) is 0 Å². The number of amides is 3. The lowest BCUT2D eigenvalue weighted by molar-refractivity contribution is -0.123. The molecule has 2 N–H and O–H groups in total. The summed E-state index contributed by atoms with van der Waals surface area (Å²) in [7, 11) is 0. The summed E-state index contributed by atoms with van der Waals surface area (Å²) >= 11 is 3.76. The molecular formula is C23H26N2O6S2. The number of nitrogens with one attached hydrogen (secondary N) is 2. The predicted octanol–water partition coefficient (Wildman–Crippen LogP) is 4.47. The predicted molar refractivity (Wildman–Crippen MR) is 130 cm³/mol. The largest absolute Gasteiger partial charge is 0.490 e. The van der Waals surface area contributed by atoms with Crippen molar-refractivity contribution in [1.82, 2.24) is 5.32 Å². The second-order valence-corrected chi connectivity index (χ2v) is 9.53. The van der Waals surface area contributed by atoms with Crippen LogP contribution in [0.1, 0.15) is 34.4 Å². The maximum absolute atomic E-state index is 12.2. The molecule has 0 spiro atoms. The van der Waals surface area contributed by atoms with Gasteiger partial charge in [0.1, 0.15) is 0 Å². The van der Waals surface area contributed by atoms with Gasteiger partial charge in [0.15, 0.2) is 18.1 Å². The van der Waals surface area contributed by atoms with Gasteiger partial charge in [-0.15, -0.1) is 23.5 Å². The SMILES string of the molecule is CCOc1ccc(NC(=O)NC(=O)COC(=O)c2ccc(C3SCCS3)cc2)cc1OCC. The normalized spacial score (nSPS) is 13.3. The molecule has 2 aromatic rings. The second-order valence-electron chi connectivity index (χ2n) is 6.80. The van der Waals surface area contributed by atoms with E-state index < -0.39 is 24.5 Å². The van der Waals surface area contributed by atoms with Gasteiger partial charge in [-0.1, -0.05) is 12.1 Å². The maximum atomic E-state index is 12.2. The number of anilines is 1. The van der Waals surface area contributed by atoms with Crippen LogP contribution in [-0.2, 0) is 9.53 Å². The monoisotopic (exact) mass is 490 g/mol.